The van der Waals surface area contributed by atoms with Gasteiger partial charge in [0.25, 0.3) is 0 Å². The highest BCUT2D eigenvalue weighted by Gasteiger charge is 2.19. The van der Waals surface area contributed by atoms with E-state index in [9.17, 15) is 5.11 Å². The molecule has 2 aromatic rings. The molecule has 1 atom stereocenters. The molecule has 0 radical (unpaired) electrons. The van der Waals surface area contributed by atoms with Gasteiger partial charge in [-0.1, -0.05) is 6.92 Å². The second-order valence-corrected chi connectivity index (χ2v) is 6.30. The summed E-state index contributed by atoms with van der Waals surface area (Å²) in [4.78, 5) is 18.2. The Morgan fingerprint density at radius 2 is 2.04 bits per heavy atom. The summed E-state index contributed by atoms with van der Waals surface area (Å²) in [6.07, 6.45) is 5.26. The molecule has 0 saturated carbocycles. The molecule has 7 nitrogen and oxygen atoms in total. The van der Waals surface area contributed by atoms with Crippen LogP contribution in [0.2, 0.25) is 0 Å². The molecule has 0 amide bonds. The summed E-state index contributed by atoms with van der Waals surface area (Å²) in [6.45, 7) is 9.83. The number of rotatable bonds is 5. The van der Waals surface area contributed by atoms with E-state index in [2.05, 4.69) is 31.7 Å². The summed E-state index contributed by atoms with van der Waals surface area (Å²) in [6, 6.07) is 0. The standard InChI is InChI=1S/C16H26N6O/c1-3-5-20-6-4-7-21(9-8-20)15-14-16(18-11-17-15)22(12-19-14)10-13(2)23/h11-13,23H,3-10H2,1-2H3/t13-/m1/s1. The molecule has 0 bridgehead atoms. The molecular formula is C16H26N6O. The fraction of sp³-hybridized carbons (Fsp3) is 0.688. The van der Waals surface area contributed by atoms with Crippen molar-refractivity contribution >= 4 is 17.0 Å². The number of nitrogens with zero attached hydrogens (tertiary/aromatic N) is 6. The van der Waals surface area contributed by atoms with Gasteiger partial charge in [0.1, 0.15) is 6.33 Å². The van der Waals surface area contributed by atoms with Crippen LogP contribution in [-0.4, -0.2) is 68.4 Å². The van der Waals surface area contributed by atoms with Crippen LogP contribution in [0.4, 0.5) is 5.82 Å². The van der Waals surface area contributed by atoms with Crippen LogP contribution in [0.5, 0.6) is 0 Å². The second-order valence-electron chi connectivity index (χ2n) is 6.30. The molecule has 7 heteroatoms. The van der Waals surface area contributed by atoms with Crippen LogP contribution in [0.1, 0.15) is 26.7 Å². The maximum absolute atomic E-state index is 9.61. The lowest BCUT2D eigenvalue weighted by Gasteiger charge is -2.22. The van der Waals surface area contributed by atoms with Gasteiger partial charge in [-0.05, 0) is 32.9 Å². The molecule has 0 aliphatic carbocycles. The van der Waals surface area contributed by atoms with Gasteiger partial charge in [-0.15, -0.1) is 0 Å². The lowest BCUT2D eigenvalue weighted by atomic mass is 10.3. The Kier molecular flexibility index (Phi) is 5.07. The molecule has 0 unspecified atom stereocenters. The summed E-state index contributed by atoms with van der Waals surface area (Å²) in [5, 5.41) is 9.61. The van der Waals surface area contributed by atoms with Crippen LogP contribution >= 0.6 is 0 Å². The smallest absolute Gasteiger partial charge is 0.165 e. The van der Waals surface area contributed by atoms with Gasteiger partial charge < -0.3 is 19.5 Å². The summed E-state index contributed by atoms with van der Waals surface area (Å²) >= 11 is 0. The van der Waals surface area contributed by atoms with Gasteiger partial charge in [-0.25, -0.2) is 15.0 Å². The average molecular weight is 318 g/mol. The topological polar surface area (TPSA) is 70.3 Å². The number of fused-ring (bicyclic) bond motifs is 1. The van der Waals surface area contributed by atoms with Crippen molar-refractivity contribution in [2.24, 2.45) is 0 Å². The average Bonchev–Trinajstić information content (AvgIpc) is 2.78. The molecule has 1 aliphatic heterocycles. The van der Waals surface area contributed by atoms with Crippen LogP contribution < -0.4 is 4.90 Å². The number of aliphatic hydroxyl groups excluding tert-OH is 1. The number of hydrogen-bond donors (Lipinski definition) is 1. The SMILES string of the molecule is CCCN1CCCN(c2ncnc3c2ncn3C[C@@H](C)O)CC1. The predicted octanol–water partition coefficient (Wildman–Crippen LogP) is 1.13. The monoisotopic (exact) mass is 318 g/mol. The zero-order valence-electron chi connectivity index (χ0n) is 14.0. The number of imidazole rings is 1. The van der Waals surface area contributed by atoms with Crippen molar-refractivity contribution in [1.82, 2.24) is 24.4 Å². The van der Waals surface area contributed by atoms with Crippen molar-refractivity contribution in [2.75, 3.05) is 37.6 Å². The lowest BCUT2D eigenvalue weighted by Crippen LogP contribution is -2.31. The first-order valence-corrected chi connectivity index (χ1v) is 8.50. The fourth-order valence-electron chi connectivity index (χ4n) is 3.24. The van der Waals surface area contributed by atoms with E-state index >= 15 is 0 Å². The third-order valence-corrected chi connectivity index (χ3v) is 4.27. The minimum Gasteiger partial charge on any atom is -0.392 e. The van der Waals surface area contributed by atoms with Crippen molar-refractivity contribution in [1.29, 1.82) is 0 Å². The molecule has 3 heterocycles. The van der Waals surface area contributed by atoms with E-state index in [0.717, 1.165) is 56.1 Å². The molecule has 2 aromatic heterocycles. The largest absolute Gasteiger partial charge is 0.392 e. The first kappa shape index (κ1) is 16.1. The third-order valence-electron chi connectivity index (χ3n) is 4.27. The van der Waals surface area contributed by atoms with Gasteiger partial charge in [-0.2, -0.15) is 0 Å². The van der Waals surface area contributed by atoms with Crippen LogP contribution in [0.25, 0.3) is 11.2 Å². The summed E-state index contributed by atoms with van der Waals surface area (Å²) < 4.78 is 1.90. The van der Waals surface area contributed by atoms with Crippen molar-refractivity contribution in [2.45, 2.75) is 39.3 Å². The quantitative estimate of drug-likeness (QED) is 0.891. The van der Waals surface area contributed by atoms with Crippen LogP contribution in [-0.2, 0) is 6.54 Å². The van der Waals surface area contributed by atoms with Gasteiger partial charge in [0.05, 0.1) is 19.0 Å². The van der Waals surface area contributed by atoms with Crippen LogP contribution in [0, 0.1) is 0 Å². The van der Waals surface area contributed by atoms with Crippen molar-refractivity contribution in [3.8, 4) is 0 Å². The Hall–Kier alpha value is -1.73. The number of aliphatic hydroxyl groups is 1. The number of anilines is 1. The summed E-state index contributed by atoms with van der Waals surface area (Å²) in [5.41, 5.74) is 1.63. The highest BCUT2D eigenvalue weighted by molar-refractivity contribution is 5.83. The molecule has 3 rings (SSSR count). The normalized spacial score (nSPS) is 18.3. The molecule has 0 aromatic carbocycles. The Balaban J connectivity index is 1.83. The zero-order chi connectivity index (χ0) is 16.2. The first-order chi connectivity index (χ1) is 11.2. The van der Waals surface area contributed by atoms with Crippen LogP contribution in [0.15, 0.2) is 12.7 Å². The highest BCUT2D eigenvalue weighted by atomic mass is 16.3. The molecule has 1 aliphatic rings. The van der Waals surface area contributed by atoms with Gasteiger partial charge >= 0.3 is 0 Å². The molecule has 23 heavy (non-hydrogen) atoms. The maximum Gasteiger partial charge on any atom is 0.165 e. The maximum atomic E-state index is 9.61. The second kappa shape index (κ2) is 7.23. The minimum absolute atomic E-state index is 0.424. The van der Waals surface area contributed by atoms with Crippen molar-refractivity contribution in [3.63, 3.8) is 0 Å². The molecule has 1 N–H and O–H groups in total. The van der Waals surface area contributed by atoms with Gasteiger partial charge in [0.2, 0.25) is 0 Å². The fourth-order valence-corrected chi connectivity index (χ4v) is 3.24. The molecule has 1 saturated heterocycles. The van der Waals surface area contributed by atoms with Gasteiger partial charge in [0.15, 0.2) is 17.0 Å². The van der Waals surface area contributed by atoms with Gasteiger partial charge in [-0.3, -0.25) is 0 Å². The van der Waals surface area contributed by atoms with E-state index in [4.69, 9.17) is 0 Å². The summed E-state index contributed by atoms with van der Waals surface area (Å²) in [7, 11) is 0. The highest BCUT2D eigenvalue weighted by Crippen LogP contribution is 2.22. The van der Waals surface area contributed by atoms with E-state index in [-0.39, 0.29) is 0 Å². The Labute approximate surface area is 137 Å². The molecule has 0 spiro atoms. The first-order valence-electron chi connectivity index (χ1n) is 8.50. The van der Waals surface area contributed by atoms with E-state index in [1.807, 2.05) is 4.57 Å². The minimum atomic E-state index is -0.424. The van der Waals surface area contributed by atoms with Crippen LogP contribution in [0.3, 0.4) is 0 Å². The Morgan fingerprint density at radius 3 is 2.83 bits per heavy atom. The molecular weight excluding hydrogens is 292 g/mol. The zero-order valence-corrected chi connectivity index (χ0v) is 14.0. The Morgan fingerprint density at radius 1 is 1.17 bits per heavy atom. The molecule has 1 fully saturated rings. The van der Waals surface area contributed by atoms with Crippen molar-refractivity contribution in [3.05, 3.63) is 12.7 Å². The molecule has 126 valence electrons. The number of aromatic nitrogens is 4. The van der Waals surface area contributed by atoms with E-state index in [1.54, 1.807) is 19.6 Å². The predicted molar refractivity (Wildman–Crippen MR) is 90.6 cm³/mol. The number of hydrogen-bond acceptors (Lipinski definition) is 6. The van der Waals surface area contributed by atoms with Crippen molar-refractivity contribution < 1.29 is 5.11 Å². The third kappa shape index (κ3) is 3.61. The van der Waals surface area contributed by atoms with Gasteiger partial charge in [0, 0.05) is 19.6 Å². The van der Waals surface area contributed by atoms with E-state index < -0.39 is 6.10 Å². The lowest BCUT2D eigenvalue weighted by molar-refractivity contribution is 0.175. The Bertz CT molecular complexity index is 641. The van der Waals surface area contributed by atoms with E-state index in [0.29, 0.717) is 6.54 Å². The van der Waals surface area contributed by atoms with E-state index in [1.165, 1.54) is 6.42 Å². The summed E-state index contributed by atoms with van der Waals surface area (Å²) in [5.74, 6) is 0.915.